The molecular formula is C17H35AlO2. The third-order valence-electron chi connectivity index (χ3n) is 4.35. The first kappa shape index (κ1) is 18.5. The number of hydrogen-bond acceptors (Lipinski definition) is 2. The van der Waals surface area contributed by atoms with Gasteiger partial charge in [-0.2, -0.15) is 0 Å². The van der Waals surface area contributed by atoms with Crippen molar-refractivity contribution in [2.24, 2.45) is 5.92 Å². The second kappa shape index (κ2) is 13.1. The van der Waals surface area contributed by atoms with Crippen LogP contribution in [-0.4, -0.2) is 34.3 Å². The van der Waals surface area contributed by atoms with Crippen molar-refractivity contribution in [3.05, 3.63) is 0 Å². The molecule has 0 radical (unpaired) electrons. The average molecular weight is 298 g/mol. The number of unbranched alkanes of at least 4 members (excludes halogenated alkanes) is 6. The van der Waals surface area contributed by atoms with Gasteiger partial charge in [0.1, 0.15) is 0 Å². The fourth-order valence-corrected chi connectivity index (χ4v) is 5.55. The SMILES string of the molecule is CCCCC[CH2][Al]([CH2]CCCCC)[O]CC1CCOC1. The predicted octanol–water partition coefficient (Wildman–Crippen LogP) is 5.19. The third kappa shape index (κ3) is 9.40. The van der Waals surface area contributed by atoms with Crippen LogP contribution in [0.3, 0.4) is 0 Å². The zero-order valence-corrected chi connectivity index (χ0v) is 15.0. The van der Waals surface area contributed by atoms with Gasteiger partial charge in [0.15, 0.2) is 0 Å². The van der Waals surface area contributed by atoms with E-state index < -0.39 is 14.5 Å². The Morgan fingerprint density at radius 3 is 2.10 bits per heavy atom. The van der Waals surface area contributed by atoms with E-state index in [4.69, 9.17) is 8.53 Å². The van der Waals surface area contributed by atoms with Crippen molar-refractivity contribution in [2.75, 3.05) is 19.8 Å². The lowest BCUT2D eigenvalue weighted by molar-refractivity contribution is 0.166. The Morgan fingerprint density at radius 2 is 1.60 bits per heavy atom. The summed E-state index contributed by atoms with van der Waals surface area (Å²) in [5.41, 5.74) is 0. The molecule has 0 N–H and O–H groups in total. The molecule has 0 aliphatic carbocycles. The summed E-state index contributed by atoms with van der Waals surface area (Å²) in [6.07, 6.45) is 12.3. The van der Waals surface area contributed by atoms with E-state index in [1.165, 1.54) is 68.4 Å². The fraction of sp³-hybridized carbons (Fsp3) is 1.00. The molecule has 1 aliphatic rings. The molecule has 0 amide bonds. The molecule has 0 bridgehead atoms. The summed E-state index contributed by atoms with van der Waals surface area (Å²) < 4.78 is 11.8. The van der Waals surface area contributed by atoms with Gasteiger partial charge in [0.05, 0.1) is 6.61 Å². The minimum atomic E-state index is -0.931. The van der Waals surface area contributed by atoms with Gasteiger partial charge in [0.25, 0.3) is 0 Å². The highest BCUT2D eigenvalue weighted by atomic mass is 27.2. The van der Waals surface area contributed by atoms with E-state index >= 15 is 0 Å². The third-order valence-corrected chi connectivity index (χ3v) is 7.12. The van der Waals surface area contributed by atoms with Crippen molar-refractivity contribution in [1.29, 1.82) is 0 Å². The average Bonchev–Trinajstić information content (AvgIpc) is 2.97. The molecule has 2 nitrogen and oxygen atoms in total. The normalized spacial score (nSPS) is 18.6. The van der Waals surface area contributed by atoms with Crippen molar-refractivity contribution in [1.82, 2.24) is 0 Å². The Morgan fingerprint density at radius 1 is 0.950 bits per heavy atom. The van der Waals surface area contributed by atoms with Crippen molar-refractivity contribution in [3.8, 4) is 0 Å². The van der Waals surface area contributed by atoms with Crippen LogP contribution in [-0.2, 0) is 8.53 Å². The Labute approximate surface area is 131 Å². The van der Waals surface area contributed by atoms with Crippen LogP contribution in [0.25, 0.3) is 0 Å². The van der Waals surface area contributed by atoms with Gasteiger partial charge in [-0.1, -0.05) is 75.8 Å². The van der Waals surface area contributed by atoms with Crippen LogP contribution in [0.1, 0.15) is 71.6 Å². The zero-order chi connectivity index (χ0) is 14.5. The molecule has 1 saturated heterocycles. The van der Waals surface area contributed by atoms with E-state index in [0.717, 1.165) is 19.8 Å². The van der Waals surface area contributed by atoms with Crippen LogP contribution in [0, 0.1) is 5.92 Å². The summed E-state index contributed by atoms with van der Waals surface area (Å²) in [5.74, 6) is 0.691. The topological polar surface area (TPSA) is 18.5 Å². The van der Waals surface area contributed by atoms with E-state index in [-0.39, 0.29) is 0 Å². The molecule has 0 aromatic heterocycles. The van der Waals surface area contributed by atoms with Crippen LogP contribution < -0.4 is 0 Å². The van der Waals surface area contributed by atoms with Crippen molar-refractivity contribution >= 4 is 14.5 Å². The molecule has 3 heteroatoms. The highest BCUT2D eigenvalue weighted by molar-refractivity contribution is 6.51. The molecule has 20 heavy (non-hydrogen) atoms. The van der Waals surface area contributed by atoms with Crippen LogP contribution >= 0.6 is 0 Å². The molecule has 1 fully saturated rings. The first-order chi connectivity index (χ1) is 9.86. The Bertz CT molecular complexity index is 193. The first-order valence-corrected chi connectivity index (χ1v) is 11.2. The quantitative estimate of drug-likeness (QED) is 0.344. The van der Waals surface area contributed by atoms with Crippen LogP contribution in [0.5, 0.6) is 0 Å². The van der Waals surface area contributed by atoms with Crippen LogP contribution in [0.15, 0.2) is 0 Å². The maximum Gasteiger partial charge on any atom is 0.460 e. The van der Waals surface area contributed by atoms with Crippen LogP contribution in [0.4, 0.5) is 0 Å². The Kier molecular flexibility index (Phi) is 12.2. The highest BCUT2D eigenvalue weighted by Crippen LogP contribution is 2.18. The zero-order valence-electron chi connectivity index (χ0n) is 13.9. The van der Waals surface area contributed by atoms with Crippen molar-refractivity contribution < 1.29 is 8.53 Å². The molecule has 118 valence electrons. The summed E-state index contributed by atoms with van der Waals surface area (Å²) in [7, 11) is 0. The maximum absolute atomic E-state index is 6.35. The van der Waals surface area contributed by atoms with Gasteiger partial charge in [0.2, 0.25) is 0 Å². The van der Waals surface area contributed by atoms with E-state index in [1.54, 1.807) is 0 Å². The Balaban J connectivity index is 2.14. The molecule has 1 atom stereocenters. The second-order valence-electron chi connectivity index (χ2n) is 6.38. The van der Waals surface area contributed by atoms with Gasteiger partial charge >= 0.3 is 14.5 Å². The number of rotatable bonds is 13. The predicted molar refractivity (Wildman–Crippen MR) is 88.5 cm³/mol. The minimum Gasteiger partial charge on any atom is -0.500 e. The van der Waals surface area contributed by atoms with Crippen LogP contribution in [0.2, 0.25) is 10.6 Å². The lowest BCUT2D eigenvalue weighted by atomic mass is 10.1. The smallest absolute Gasteiger partial charge is 0.460 e. The van der Waals surface area contributed by atoms with Gasteiger partial charge in [-0.25, -0.2) is 0 Å². The fourth-order valence-electron chi connectivity index (χ4n) is 2.90. The summed E-state index contributed by atoms with van der Waals surface area (Å²) in [4.78, 5) is 0. The molecule has 0 aromatic rings. The van der Waals surface area contributed by atoms with E-state index in [1.807, 2.05) is 0 Å². The molecule has 1 rings (SSSR count). The second-order valence-corrected chi connectivity index (χ2v) is 9.12. The largest absolute Gasteiger partial charge is 0.500 e. The van der Waals surface area contributed by atoms with Crippen molar-refractivity contribution in [3.63, 3.8) is 0 Å². The van der Waals surface area contributed by atoms with Crippen molar-refractivity contribution in [2.45, 2.75) is 82.2 Å². The van der Waals surface area contributed by atoms with Gasteiger partial charge < -0.3 is 8.53 Å². The summed E-state index contributed by atoms with van der Waals surface area (Å²) in [5, 5.41) is 2.80. The molecule has 1 heterocycles. The number of ether oxygens (including phenoxy) is 1. The molecule has 1 aliphatic heterocycles. The molecule has 0 saturated carbocycles. The monoisotopic (exact) mass is 298 g/mol. The lowest BCUT2D eigenvalue weighted by Gasteiger charge is -2.16. The Hall–Kier alpha value is 0.452. The summed E-state index contributed by atoms with van der Waals surface area (Å²) in [6.45, 7) is 7.45. The van der Waals surface area contributed by atoms with E-state index in [2.05, 4.69) is 13.8 Å². The van der Waals surface area contributed by atoms with Gasteiger partial charge in [0, 0.05) is 19.1 Å². The van der Waals surface area contributed by atoms with Gasteiger partial charge in [-0.3, -0.25) is 0 Å². The summed E-state index contributed by atoms with van der Waals surface area (Å²) in [6, 6.07) is 0. The molecule has 1 unspecified atom stereocenters. The van der Waals surface area contributed by atoms with Gasteiger partial charge in [-0.05, 0) is 6.42 Å². The molecule has 0 aromatic carbocycles. The molecule has 0 spiro atoms. The molecular weight excluding hydrogens is 263 g/mol. The lowest BCUT2D eigenvalue weighted by Crippen LogP contribution is -2.22. The van der Waals surface area contributed by atoms with Gasteiger partial charge in [-0.15, -0.1) is 0 Å². The maximum atomic E-state index is 6.35. The first-order valence-electron chi connectivity index (χ1n) is 9.06. The highest BCUT2D eigenvalue weighted by Gasteiger charge is 2.23. The standard InChI is InChI=1S/2C6H13.C5H9O2.Al/c2*1-3-5-6-4-2;6-3-5-1-2-7-4-5;/h2*1,3-6H2,2H3;5H,1-4H2;/q;;-1;+1. The van der Waals surface area contributed by atoms with E-state index in [0.29, 0.717) is 5.92 Å². The summed E-state index contributed by atoms with van der Waals surface area (Å²) >= 11 is -0.931. The number of hydrogen-bond donors (Lipinski definition) is 0. The minimum absolute atomic E-state index is 0.691. The van der Waals surface area contributed by atoms with E-state index in [9.17, 15) is 0 Å².